The van der Waals surface area contributed by atoms with E-state index in [9.17, 15) is 4.57 Å². The molecule has 0 aliphatic heterocycles. The summed E-state index contributed by atoms with van der Waals surface area (Å²) in [6.07, 6.45) is -0.107. The summed E-state index contributed by atoms with van der Waals surface area (Å²) in [5.74, 6) is 0. The molecule has 118 valence electrons. The minimum Gasteiger partial charge on any atom is -0.352 e. The highest BCUT2D eigenvalue weighted by Crippen LogP contribution is 2.44. The predicted octanol–water partition coefficient (Wildman–Crippen LogP) is 3.40. The van der Waals surface area contributed by atoms with E-state index in [4.69, 9.17) is 9.47 Å². The fourth-order valence-corrected chi connectivity index (χ4v) is 5.09. The van der Waals surface area contributed by atoms with E-state index in [2.05, 4.69) is 0 Å². The van der Waals surface area contributed by atoms with Crippen molar-refractivity contribution in [3.63, 3.8) is 0 Å². The maximum absolute atomic E-state index is 13.8. The molecule has 0 heterocycles. The molecule has 0 aliphatic rings. The second-order valence-corrected chi connectivity index (χ2v) is 7.81. The molecule has 2 aromatic carbocycles. The van der Waals surface area contributed by atoms with Gasteiger partial charge in [-0.15, -0.1) is 0 Å². The molecule has 0 radical (unpaired) electrons. The summed E-state index contributed by atoms with van der Waals surface area (Å²) in [5, 5.41) is 1.68. The Bertz CT molecular complexity index is 549. The van der Waals surface area contributed by atoms with Crippen LogP contribution in [0.1, 0.15) is 13.8 Å². The van der Waals surface area contributed by atoms with Crippen LogP contribution < -0.4 is 10.6 Å². The van der Waals surface area contributed by atoms with Gasteiger partial charge in [-0.3, -0.25) is 0 Å². The maximum atomic E-state index is 13.8. The highest BCUT2D eigenvalue weighted by atomic mass is 31.2. The van der Waals surface area contributed by atoms with Crippen LogP contribution in [-0.2, 0) is 14.0 Å². The van der Waals surface area contributed by atoms with Gasteiger partial charge in [-0.1, -0.05) is 60.7 Å². The lowest BCUT2D eigenvalue weighted by molar-refractivity contribution is -0.120. The summed E-state index contributed by atoms with van der Waals surface area (Å²) in [7, 11) is -2.79. The van der Waals surface area contributed by atoms with E-state index in [1.807, 2.05) is 74.5 Å². The Balaban J connectivity index is 2.40. The van der Waals surface area contributed by atoms with Crippen LogP contribution >= 0.6 is 7.14 Å². The van der Waals surface area contributed by atoms with Crippen LogP contribution in [0.15, 0.2) is 60.7 Å². The molecule has 3 nitrogen and oxygen atoms in total. The Hall–Kier alpha value is -1.41. The zero-order valence-electron chi connectivity index (χ0n) is 13.1. The van der Waals surface area contributed by atoms with E-state index in [1.165, 1.54) is 0 Å². The zero-order valence-corrected chi connectivity index (χ0v) is 14.0. The first-order chi connectivity index (χ1) is 10.7. The Morgan fingerprint density at radius 2 is 1.23 bits per heavy atom. The molecule has 22 heavy (non-hydrogen) atoms. The van der Waals surface area contributed by atoms with Gasteiger partial charge >= 0.3 is 0 Å². The minimum absolute atomic E-state index is 0.350. The molecule has 0 saturated carbocycles. The molecule has 0 aliphatic carbocycles. The van der Waals surface area contributed by atoms with Gasteiger partial charge in [0.2, 0.25) is 0 Å². The van der Waals surface area contributed by atoms with Crippen molar-refractivity contribution in [2.24, 2.45) is 0 Å². The Morgan fingerprint density at radius 3 is 1.59 bits per heavy atom. The van der Waals surface area contributed by atoms with Gasteiger partial charge in [-0.25, -0.2) is 0 Å². The van der Waals surface area contributed by atoms with Crippen LogP contribution in [0.2, 0.25) is 0 Å². The van der Waals surface area contributed by atoms with Crippen LogP contribution in [0.3, 0.4) is 0 Å². The fraction of sp³-hybridized carbons (Fsp3) is 0.333. The van der Waals surface area contributed by atoms with E-state index < -0.39 is 13.4 Å². The Kier molecular flexibility index (Phi) is 6.38. The first-order valence-electron chi connectivity index (χ1n) is 7.64. The van der Waals surface area contributed by atoms with Crippen molar-refractivity contribution < 1.29 is 14.0 Å². The van der Waals surface area contributed by atoms with Gasteiger partial charge in [-0.2, -0.15) is 0 Å². The van der Waals surface area contributed by atoms with E-state index in [1.54, 1.807) is 0 Å². The van der Waals surface area contributed by atoms with Gasteiger partial charge < -0.3 is 14.0 Å². The maximum Gasteiger partial charge on any atom is 0.164 e. The first-order valence-corrected chi connectivity index (χ1v) is 9.53. The molecule has 0 atom stereocenters. The molecule has 0 saturated heterocycles. The van der Waals surface area contributed by atoms with Crippen molar-refractivity contribution >= 4 is 17.8 Å². The van der Waals surface area contributed by atoms with E-state index in [0.717, 1.165) is 10.6 Å². The third kappa shape index (κ3) is 4.07. The second kappa shape index (κ2) is 8.28. The predicted molar refractivity (Wildman–Crippen MR) is 91.7 cm³/mol. The van der Waals surface area contributed by atoms with Gasteiger partial charge in [0.15, 0.2) is 6.29 Å². The molecule has 2 aromatic rings. The molecular weight excluding hydrogens is 295 g/mol. The van der Waals surface area contributed by atoms with Gasteiger partial charge in [0.05, 0.1) is 6.16 Å². The summed E-state index contributed by atoms with van der Waals surface area (Å²) in [6.45, 7) is 4.91. The average molecular weight is 318 g/mol. The van der Waals surface area contributed by atoms with E-state index >= 15 is 0 Å². The van der Waals surface area contributed by atoms with Crippen LogP contribution in [0.4, 0.5) is 0 Å². The lowest BCUT2D eigenvalue weighted by Gasteiger charge is -2.25. The molecule has 0 spiro atoms. The molecule has 0 amide bonds. The second-order valence-electron chi connectivity index (χ2n) is 4.93. The SMILES string of the molecule is CCOC(CP(=O)(c1ccccc1)c1ccccc1)OCC. The fourth-order valence-electron chi connectivity index (χ4n) is 2.43. The van der Waals surface area contributed by atoms with E-state index in [0.29, 0.717) is 19.4 Å². The standard InChI is InChI=1S/C18H23O3P/c1-3-20-18(21-4-2)15-22(19,16-11-7-5-8-12-16)17-13-9-6-10-14-17/h5-14,18H,3-4,15H2,1-2H3. The third-order valence-electron chi connectivity index (χ3n) is 3.46. The van der Waals surface area contributed by atoms with Gasteiger partial charge in [0.25, 0.3) is 0 Å². The van der Waals surface area contributed by atoms with Gasteiger partial charge in [0, 0.05) is 23.8 Å². The lowest BCUT2D eigenvalue weighted by Crippen LogP contribution is -2.29. The van der Waals surface area contributed by atoms with Crippen LogP contribution in [0.5, 0.6) is 0 Å². The molecule has 0 aromatic heterocycles. The van der Waals surface area contributed by atoms with E-state index in [-0.39, 0.29) is 0 Å². The van der Waals surface area contributed by atoms with Crippen molar-refractivity contribution in [2.45, 2.75) is 20.1 Å². The van der Waals surface area contributed by atoms with Gasteiger partial charge in [0.1, 0.15) is 7.14 Å². The molecular formula is C18H23O3P. The largest absolute Gasteiger partial charge is 0.352 e. The summed E-state index contributed by atoms with van der Waals surface area (Å²) >= 11 is 0. The van der Waals surface area contributed by atoms with Crippen LogP contribution in [0, 0.1) is 0 Å². The third-order valence-corrected chi connectivity index (χ3v) is 6.53. The van der Waals surface area contributed by atoms with Gasteiger partial charge in [-0.05, 0) is 13.8 Å². The van der Waals surface area contributed by atoms with Crippen molar-refractivity contribution in [1.29, 1.82) is 0 Å². The number of ether oxygens (including phenoxy) is 2. The quantitative estimate of drug-likeness (QED) is 0.553. The smallest absolute Gasteiger partial charge is 0.164 e. The van der Waals surface area contributed by atoms with Crippen molar-refractivity contribution in [3.05, 3.63) is 60.7 Å². The summed E-state index contributed by atoms with van der Waals surface area (Å²) in [5.41, 5.74) is 0. The number of hydrogen-bond donors (Lipinski definition) is 0. The number of benzene rings is 2. The Morgan fingerprint density at radius 1 is 0.818 bits per heavy atom. The van der Waals surface area contributed by atoms with Crippen molar-refractivity contribution in [3.8, 4) is 0 Å². The number of hydrogen-bond acceptors (Lipinski definition) is 3. The zero-order chi connectivity index (χ0) is 15.8. The van der Waals surface area contributed by atoms with Crippen LogP contribution in [-0.4, -0.2) is 25.7 Å². The van der Waals surface area contributed by atoms with Crippen molar-refractivity contribution in [2.75, 3.05) is 19.4 Å². The monoisotopic (exact) mass is 318 g/mol. The van der Waals surface area contributed by atoms with Crippen molar-refractivity contribution in [1.82, 2.24) is 0 Å². The summed E-state index contributed by atoms with van der Waals surface area (Å²) < 4.78 is 25.1. The number of rotatable bonds is 8. The topological polar surface area (TPSA) is 35.5 Å². The molecule has 0 bridgehead atoms. The highest BCUT2D eigenvalue weighted by Gasteiger charge is 2.31. The Labute approximate surface area is 132 Å². The molecule has 0 fully saturated rings. The summed E-state index contributed by atoms with van der Waals surface area (Å²) in [4.78, 5) is 0. The molecule has 2 rings (SSSR count). The molecule has 0 N–H and O–H groups in total. The minimum atomic E-state index is -2.79. The molecule has 4 heteroatoms. The highest BCUT2D eigenvalue weighted by molar-refractivity contribution is 7.78. The molecule has 0 unspecified atom stereocenters. The van der Waals surface area contributed by atoms with Crippen LogP contribution in [0.25, 0.3) is 0 Å². The average Bonchev–Trinajstić information content (AvgIpc) is 2.57. The lowest BCUT2D eigenvalue weighted by atomic mass is 10.4. The first kappa shape index (κ1) is 17.0. The summed E-state index contributed by atoms with van der Waals surface area (Å²) in [6, 6.07) is 19.2. The normalized spacial score (nSPS) is 11.8.